The molecule has 0 aliphatic rings. The molecule has 0 aliphatic heterocycles. The Bertz CT molecular complexity index is 1430. The van der Waals surface area contributed by atoms with Gasteiger partial charge >= 0.3 is 21.7 Å². The van der Waals surface area contributed by atoms with Crippen LogP contribution in [-0.4, -0.2) is 0 Å². The normalized spacial score (nSPS) is 10.5. The van der Waals surface area contributed by atoms with Gasteiger partial charge < -0.3 is 9.13 Å². The van der Waals surface area contributed by atoms with Gasteiger partial charge in [0.1, 0.15) is 14.3 Å². The zero-order valence-electron chi connectivity index (χ0n) is 22.2. The third-order valence-electron chi connectivity index (χ3n) is 6.50. The van der Waals surface area contributed by atoms with E-state index in [-0.39, 0.29) is 55.7 Å². The fraction of sp³-hybridized carbons (Fsp3) is 0. The van der Waals surface area contributed by atoms with Gasteiger partial charge in [0.15, 0.2) is 0 Å². The van der Waals surface area contributed by atoms with Crippen LogP contribution in [0, 0.1) is 0 Å². The molecule has 0 aliphatic carbocycles. The SMILES string of the molecule is Br.Br.O=P(c1ccccc1)(c1ccccc1)c1cc[cH-]c1.O=P(c1ccccc1)(c1ccccc1)c1cc[cH-]c1.[Ti+2]. The molecule has 0 atom stereocenters. The van der Waals surface area contributed by atoms with Crippen LogP contribution < -0.4 is 31.8 Å². The maximum atomic E-state index is 13.7. The van der Waals surface area contributed by atoms with Crippen molar-refractivity contribution in [3.8, 4) is 0 Å². The first kappa shape index (κ1) is 34.9. The zero-order valence-corrected chi connectivity index (χ0v) is 29.0. The summed E-state index contributed by atoms with van der Waals surface area (Å²) in [5.74, 6) is 0. The standard InChI is InChI=1S/2C17H14OP.2BrH.Ti/c2*18-19(17-13-7-8-14-17,15-9-3-1-4-10-15)16-11-5-2-6-12-16;;;/h2*1-14H;2*1H;/q2*-1;;;+2. The molecular weight excluding hydrogens is 710 g/mol. The first-order chi connectivity index (χ1) is 18.6. The Morgan fingerprint density at radius 1 is 0.366 bits per heavy atom. The summed E-state index contributed by atoms with van der Waals surface area (Å²) >= 11 is 0. The molecule has 0 N–H and O–H groups in total. The molecule has 0 saturated carbocycles. The molecule has 6 rings (SSSR count). The average molecular weight is 740 g/mol. The van der Waals surface area contributed by atoms with Crippen LogP contribution in [-0.2, 0) is 30.8 Å². The van der Waals surface area contributed by atoms with E-state index in [0.717, 1.165) is 31.8 Å². The number of halogens is 2. The molecule has 0 amide bonds. The van der Waals surface area contributed by atoms with Crippen molar-refractivity contribution in [2.45, 2.75) is 0 Å². The van der Waals surface area contributed by atoms with Crippen LogP contribution in [0.2, 0.25) is 0 Å². The molecule has 0 saturated heterocycles. The Morgan fingerprint density at radius 3 is 0.805 bits per heavy atom. The minimum atomic E-state index is -2.73. The first-order valence-corrected chi connectivity index (χ1v) is 15.9. The Morgan fingerprint density at radius 2 is 0.610 bits per heavy atom. The minimum absolute atomic E-state index is 0. The van der Waals surface area contributed by atoms with Crippen molar-refractivity contribution in [3.05, 3.63) is 170 Å². The molecule has 0 spiro atoms. The summed E-state index contributed by atoms with van der Waals surface area (Å²) in [4.78, 5) is 0. The predicted octanol–water partition coefficient (Wildman–Crippen LogP) is 7.24. The van der Waals surface area contributed by atoms with Crippen LogP contribution >= 0.6 is 48.2 Å². The second kappa shape index (κ2) is 16.4. The Labute approximate surface area is 278 Å². The van der Waals surface area contributed by atoms with Crippen LogP contribution in [0.15, 0.2) is 170 Å². The smallest absolute Gasteiger partial charge is 0.323 e. The summed E-state index contributed by atoms with van der Waals surface area (Å²) in [6.45, 7) is 0. The van der Waals surface area contributed by atoms with Crippen molar-refractivity contribution >= 4 is 80.1 Å². The van der Waals surface area contributed by atoms with Crippen LogP contribution in [0.1, 0.15) is 0 Å². The van der Waals surface area contributed by atoms with E-state index in [9.17, 15) is 9.13 Å². The van der Waals surface area contributed by atoms with Gasteiger partial charge in [0.05, 0.1) is 0 Å². The van der Waals surface area contributed by atoms with Gasteiger partial charge in [-0.15, -0.1) is 44.6 Å². The summed E-state index contributed by atoms with van der Waals surface area (Å²) in [5, 5.41) is 5.31. The largest absolute Gasteiger partial charge is 2.00 e. The fourth-order valence-electron chi connectivity index (χ4n) is 4.59. The Hall–Kier alpha value is -2.29. The van der Waals surface area contributed by atoms with Gasteiger partial charge in [-0.25, -0.2) is 12.1 Å². The topological polar surface area (TPSA) is 34.1 Å². The summed E-state index contributed by atoms with van der Waals surface area (Å²) in [6.07, 6.45) is 0. The molecule has 0 fully saturated rings. The fourth-order valence-corrected chi connectivity index (χ4v) is 9.93. The van der Waals surface area contributed by atoms with Gasteiger partial charge in [-0.2, -0.15) is 36.4 Å². The zero-order chi connectivity index (χ0) is 26.3. The Balaban J connectivity index is 0.000000267. The van der Waals surface area contributed by atoms with Crippen molar-refractivity contribution < 1.29 is 30.8 Å². The van der Waals surface area contributed by atoms with E-state index in [2.05, 4.69) is 0 Å². The van der Waals surface area contributed by atoms with Crippen LogP contribution in [0.25, 0.3) is 0 Å². The number of rotatable bonds is 6. The van der Waals surface area contributed by atoms with Crippen molar-refractivity contribution in [1.82, 2.24) is 0 Å². The van der Waals surface area contributed by atoms with E-state index in [1.165, 1.54) is 0 Å². The van der Waals surface area contributed by atoms with Crippen molar-refractivity contribution in [3.63, 3.8) is 0 Å². The molecule has 206 valence electrons. The molecule has 2 nitrogen and oxygen atoms in total. The second-order valence-electron chi connectivity index (χ2n) is 8.85. The quantitative estimate of drug-likeness (QED) is 0.103. The van der Waals surface area contributed by atoms with E-state index in [4.69, 9.17) is 0 Å². The maximum absolute atomic E-state index is 13.7. The number of hydrogen-bond acceptors (Lipinski definition) is 2. The van der Waals surface area contributed by atoms with E-state index in [1.807, 2.05) is 170 Å². The summed E-state index contributed by atoms with van der Waals surface area (Å²) < 4.78 is 27.4. The van der Waals surface area contributed by atoms with E-state index < -0.39 is 14.3 Å². The minimum Gasteiger partial charge on any atom is -0.323 e. The molecule has 0 unspecified atom stereocenters. The Kier molecular flexibility index (Phi) is 13.9. The molecule has 6 aromatic rings. The van der Waals surface area contributed by atoms with Crippen LogP contribution in [0.5, 0.6) is 0 Å². The summed E-state index contributed by atoms with van der Waals surface area (Å²) in [5.41, 5.74) is 0. The monoisotopic (exact) mass is 738 g/mol. The van der Waals surface area contributed by atoms with Gasteiger partial charge in [0.25, 0.3) is 0 Å². The van der Waals surface area contributed by atoms with E-state index in [0.29, 0.717) is 0 Å². The van der Waals surface area contributed by atoms with E-state index >= 15 is 0 Å². The predicted molar refractivity (Wildman–Crippen MR) is 183 cm³/mol. The molecule has 0 heterocycles. The number of benzene rings is 4. The molecule has 0 aromatic heterocycles. The van der Waals surface area contributed by atoms with Gasteiger partial charge in [-0.1, -0.05) is 121 Å². The average Bonchev–Trinajstić information content (AvgIpc) is 3.75. The van der Waals surface area contributed by atoms with Gasteiger partial charge in [-0.05, 0) is 0 Å². The molecular formula is C34H30Br2O2P2Ti. The van der Waals surface area contributed by atoms with Crippen molar-refractivity contribution in [2.24, 2.45) is 0 Å². The third-order valence-corrected chi connectivity index (χ3v) is 12.6. The van der Waals surface area contributed by atoms with E-state index in [1.54, 1.807) is 0 Å². The third kappa shape index (κ3) is 7.57. The molecule has 0 bridgehead atoms. The molecule has 6 aromatic carbocycles. The maximum Gasteiger partial charge on any atom is 2.00 e. The van der Waals surface area contributed by atoms with Gasteiger partial charge in [0, 0.05) is 21.2 Å². The summed E-state index contributed by atoms with van der Waals surface area (Å²) in [7, 11) is -5.46. The van der Waals surface area contributed by atoms with Crippen LogP contribution in [0.4, 0.5) is 0 Å². The van der Waals surface area contributed by atoms with Crippen molar-refractivity contribution in [2.75, 3.05) is 0 Å². The second-order valence-corrected chi connectivity index (χ2v) is 14.4. The van der Waals surface area contributed by atoms with Gasteiger partial charge in [-0.3, -0.25) is 0 Å². The molecule has 41 heavy (non-hydrogen) atoms. The summed E-state index contributed by atoms with van der Waals surface area (Å²) in [6, 6.07) is 54.4. The molecule has 0 radical (unpaired) electrons. The van der Waals surface area contributed by atoms with Crippen LogP contribution in [0.3, 0.4) is 0 Å². The van der Waals surface area contributed by atoms with Gasteiger partial charge in [0.2, 0.25) is 0 Å². The molecule has 7 heteroatoms. The first-order valence-electron chi connectivity index (χ1n) is 12.5. The number of hydrogen-bond donors (Lipinski definition) is 0. The van der Waals surface area contributed by atoms with Crippen molar-refractivity contribution in [1.29, 1.82) is 0 Å².